The number of piperidine rings is 2. The fourth-order valence-electron chi connectivity index (χ4n) is 3.14. The molecule has 0 amide bonds. The number of nitrogens with zero attached hydrogens (tertiary/aromatic N) is 2. The number of ether oxygens (including phenoxy) is 1. The monoisotopic (exact) mass is 269 g/mol. The van der Waals surface area contributed by atoms with E-state index in [1.165, 1.54) is 51.7 Å². The van der Waals surface area contributed by atoms with Crippen molar-refractivity contribution in [1.29, 1.82) is 0 Å². The van der Waals surface area contributed by atoms with Crippen molar-refractivity contribution in [3.8, 4) is 0 Å². The maximum atomic E-state index is 5.96. The minimum Gasteiger partial charge on any atom is -0.378 e. The van der Waals surface area contributed by atoms with Crippen molar-refractivity contribution in [3.05, 3.63) is 0 Å². The van der Waals surface area contributed by atoms with Crippen LogP contribution in [-0.4, -0.2) is 75.4 Å². The molecule has 4 nitrogen and oxygen atoms in total. The van der Waals surface area contributed by atoms with E-state index in [9.17, 15) is 0 Å². The Hall–Kier alpha value is -0.160. The normalized spacial score (nSPS) is 24.2. The average molecular weight is 269 g/mol. The Labute approximate surface area is 118 Å². The molecule has 2 aliphatic heterocycles. The maximum absolute atomic E-state index is 5.96. The summed E-state index contributed by atoms with van der Waals surface area (Å²) in [6, 6.07) is 0.787. The molecule has 2 fully saturated rings. The molecule has 0 saturated carbocycles. The summed E-state index contributed by atoms with van der Waals surface area (Å²) in [4.78, 5) is 4.98. The number of rotatable bonds is 6. The zero-order chi connectivity index (χ0) is 13.5. The van der Waals surface area contributed by atoms with Gasteiger partial charge >= 0.3 is 0 Å². The zero-order valence-electron chi connectivity index (χ0n) is 12.7. The van der Waals surface area contributed by atoms with E-state index in [-0.39, 0.29) is 0 Å². The summed E-state index contributed by atoms with van der Waals surface area (Å²) >= 11 is 0. The van der Waals surface area contributed by atoms with Crippen molar-refractivity contribution in [2.24, 2.45) is 0 Å². The first-order valence-corrected chi connectivity index (χ1v) is 7.97. The van der Waals surface area contributed by atoms with E-state index in [1.807, 2.05) is 0 Å². The molecular weight excluding hydrogens is 238 g/mol. The number of hydrogen-bond acceptors (Lipinski definition) is 4. The summed E-state index contributed by atoms with van der Waals surface area (Å²) in [5.74, 6) is 0. The fourth-order valence-corrected chi connectivity index (χ4v) is 3.14. The van der Waals surface area contributed by atoms with Gasteiger partial charge in [-0.05, 0) is 72.4 Å². The Balaban J connectivity index is 1.52. The molecule has 0 unspecified atom stereocenters. The van der Waals surface area contributed by atoms with Gasteiger partial charge in [-0.25, -0.2) is 0 Å². The molecule has 0 aromatic rings. The SMILES string of the molecule is CN1CCC(N(C)CCCOC2CCNCC2)CC1. The van der Waals surface area contributed by atoms with Gasteiger partial charge in [0.2, 0.25) is 0 Å². The third-order valence-electron chi connectivity index (χ3n) is 4.61. The van der Waals surface area contributed by atoms with Crippen LogP contribution in [0.5, 0.6) is 0 Å². The maximum Gasteiger partial charge on any atom is 0.0599 e. The molecule has 2 rings (SSSR count). The molecule has 0 aromatic heterocycles. The molecule has 0 radical (unpaired) electrons. The lowest BCUT2D eigenvalue weighted by Gasteiger charge is -2.35. The third-order valence-corrected chi connectivity index (χ3v) is 4.61. The average Bonchev–Trinajstić information content (AvgIpc) is 2.45. The lowest BCUT2D eigenvalue weighted by molar-refractivity contribution is 0.0257. The standard InChI is InChI=1S/C15H31N3O/c1-17-11-6-14(7-12-17)18(2)10-3-13-19-15-4-8-16-9-5-15/h14-16H,3-13H2,1-2H3. The molecule has 0 bridgehead atoms. The van der Waals surface area contributed by atoms with Gasteiger partial charge in [-0.15, -0.1) is 0 Å². The van der Waals surface area contributed by atoms with E-state index in [2.05, 4.69) is 29.2 Å². The first kappa shape index (κ1) is 15.2. The van der Waals surface area contributed by atoms with Crippen LogP contribution in [0.4, 0.5) is 0 Å². The fraction of sp³-hybridized carbons (Fsp3) is 1.00. The third kappa shape index (κ3) is 5.38. The quantitative estimate of drug-likeness (QED) is 0.733. The van der Waals surface area contributed by atoms with Crippen LogP contribution in [-0.2, 0) is 4.74 Å². The largest absolute Gasteiger partial charge is 0.378 e. The Bertz CT molecular complexity index is 236. The predicted molar refractivity (Wildman–Crippen MR) is 79.6 cm³/mol. The highest BCUT2D eigenvalue weighted by atomic mass is 16.5. The molecule has 0 aliphatic carbocycles. The summed E-state index contributed by atoms with van der Waals surface area (Å²) in [6.07, 6.45) is 6.70. The molecule has 19 heavy (non-hydrogen) atoms. The summed E-state index contributed by atoms with van der Waals surface area (Å²) < 4.78 is 5.96. The first-order chi connectivity index (χ1) is 9.25. The second kappa shape index (κ2) is 8.20. The van der Waals surface area contributed by atoms with Gasteiger partial charge in [-0.1, -0.05) is 0 Å². The van der Waals surface area contributed by atoms with Crippen LogP contribution in [0, 0.1) is 0 Å². The van der Waals surface area contributed by atoms with Crippen molar-refractivity contribution >= 4 is 0 Å². The van der Waals surface area contributed by atoms with Gasteiger partial charge in [-0.2, -0.15) is 0 Å². The van der Waals surface area contributed by atoms with E-state index in [0.29, 0.717) is 6.10 Å². The molecule has 0 aromatic carbocycles. The van der Waals surface area contributed by atoms with Gasteiger partial charge in [0, 0.05) is 19.2 Å². The van der Waals surface area contributed by atoms with E-state index in [4.69, 9.17) is 4.74 Å². The Morgan fingerprint density at radius 1 is 1.16 bits per heavy atom. The minimum atomic E-state index is 0.509. The van der Waals surface area contributed by atoms with E-state index in [1.54, 1.807) is 0 Å². The summed E-state index contributed by atoms with van der Waals surface area (Å²) in [7, 11) is 4.50. The topological polar surface area (TPSA) is 27.7 Å². The molecule has 0 spiro atoms. The smallest absolute Gasteiger partial charge is 0.0599 e. The molecule has 2 aliphatic rings. The minimum absolute atomic E-state index is 0.509. The van der Waals surface area contributed by atoms with Crippen LogP contribution in [0.2, 0.25) is 0 Å². The van der Waals surface area contributed by atoms with Gasteiger partial charge in [0.05, 0.1) is 6.10 Å². The summed E-state index contributed by atoms with van der Waals surface area (Å²) in [5.41, 5.74) is 0. The van der Waals surface area contributed by atoms with Crippen LogP contribution in [0.3, 0.4) is 0 Å². The van der Waals surface area contributed by atoms with Crippen LogP contribution in [0.1, 0.15) is 32.1 Å². The molecule has 2 heterocycles. The first-order valence-electron chi connectivity index (χ1n) is 7.97. The highest BCUT2D eigenvalue weighted by Crippen LogP contribution is 2.14. The number of likely N-dealkylation sites (tertiary alicyclic amines) is 1. The lowest BCUT2D eigenvalue weighted by Crippen LogP contribution is -2.42. The highest BCUT2D eigenvalue weighted by Gasteiger charge is 2.20. The van der Waals surface area contributed by atoms with Gasteiger partial charge in [0.1, 0.15) is 0 Å². The lowest BCUT2D eigenvalue weighted by atomic mass is 10.0. The van der Waals surface area contributed by atoms with E-state index < -0.39 is 0 Å². The van der Waals surface area contributed by atoms with Gasteiger partial charge in [-0.3, -0.25) is 0 Å². The number of hydrogen-bond donors (Lipinski definition) is 1. The van der Waals surface area contributed by atoms with Crippen LogP contribution in [0.25, 0.3) is 0 Å². The Morgan fingerprint density at radius 2 is 1.84 bits per heavy atom. The Morgan fingerprint density at radius 3 is 2.53 bits per heavy atom. The summed E-state index contributed by atoms with van der Waals surface area (Å²) in [6.45, 7) is 6.86. The molecule has 2 saturated heterocycles. The van der Waals surface area contributed by atoms with Crippen molar-refractivity contribution in [2.75, 3.05) is 53.4 Å². The molecule has 1 N–H and O–H groups in total. The second-order valence-electron chi connectivity index (χ2n) is 6.19. The van der Waals surface area contributed by atoms with Crippen molar-refractivity contribution in [1.82, 2.24) is 15.1 Å². The molecule has 4 heteroatoms. The molecule has 0 atom stereocenters. The van der Waals surface area contributed by atoms with Crippen LogP contribution in [0.15, 0.2) is 0 Å². The van der Waals surface area contributed by atoms with Gasteiger partial charge in [0.25, 0.3) is 0 Å². The predicted octanol–water partition coefficient (Wildman–Crippen LogP) is 1.17. The number of nitrogens with one attached hydrogen (secondary N) is 1. The van der Waals surface area contributed by atoms with Gasteiger partial charge in [0.15, 0.2) is 0 Å². The summed E-state index contributed by atoms with van der Waals surface area (Å²) in [5, 5.41) is 3.38. The Kier molecular flexibility index (Phi) is 6.57. The zero-order valence-corrected chi connectivity index (χ0v) is 12.7. The second-order valence-corrected chi connectivity index (χ2v) is 6.19. The molecular formula is C15H31N3O. The highest BCUT2D eigenvalue weighted by molar-refractivity contribution is 4.76. The van der Waals surface area contributed by atoms with Crippen molar-refractivity contribution in [2.45, 2.75) is 44.2 Å². The van der Waals surface area contributed by atoms with Crippen LogP contribution < -0.4 is 5.32 Å². The van der Waals surface area contributed by atoms with Gasteiger partial charge < -0.3 is 19.9 Å². The van der Waals surface area contributed by atoms with Crippen molar-refractivity contribution in [3.63, 3.8) is 0 Å². The van der Waals surface area contributed by atoms with E-state index in [0.717, 1.165) is 25.7 Å². The van der Waals surface area contributed by atoms with Crippen LogP contribution >= 0.6 is 0 Å². The van der Waals surface area contributed by atoms with Crippen molar-refractivity contribution < 1.29 is 4.74 Å². The van der Waals surface area contributed by atoms with E-state index >= 15 is 0 Å². The molecule has 112 valence electrons.